The van der Waals surface area contributed by atoms with Crippen molar-refractivity contribution in [2.45, 2.75) is 39.3 Å². The Morgan fingerprint density at radius 3 is 2.76 bits per heavy atom. The van der Waals surface area contributed by atoms with Crippen molar-refractivity contribution < 1.29 is 14.0 Å². The molecular weight excluding hydrogens is 220 g/mol. The summed E-state index contributed by atoms with van der Waals surface area (Å²) in [5, 5.41) is 5.34. The third-order valence-electron chi connectivity index (χ3n) is 2.38. The second-order valence-corrected chi connectivity index (χ2v) is 3.91. The van der Waals surface area contributed by atoms with E-state index < -0.39 is 0 Å². The topological polar surface area (TPSA) is 71.3 Å². The molecular formula is C12H18N2O3. The molecule has 0 aliphatic carbocycles. The molecule has 1 atom stereocenters. The zero-order valence-electron chi connectivity index (χ0n) is 10.2. The van der Waals surface area contributed by atoms with Crippen LogP contribution in [0.1, 0.15) is 32.4 Å². The van der Waals surface area contributed by atoms with Crippen LogP contribution < -0.4 is 10.6 Å². The van der Waals surface area contributed by atoms with E-state index in [1.807, 2.05) is 13.8 Å². The summed E-state index contributed by atoms with van der Waals surface area (Å²) < 4.78 is 5.06. The molecule has 0 aliphatic heterocycles. The highest BCUT2D eigenvalue weighted by molar-refractivity contribution is 5.96. The quantitative estimate of drug-likeness (QED) is 0.731. The van der Waals surface area contributed by atoms with Gasteiger partial charge in [-0.15, -0.1) is 0 Å². The summed E-state index contributed by atoms with van der Waals surface area (Å²) >= 11 is 0. The predicted octanol–water partition coefficient (Wildman–Crippen LogP) is 1.20. The van der Waals surface area contributed by atoms with Crippen LogP contribution in [-0.2, 0) is 16.1 Å². The van der Waals surface area contributed by atoms with Gasteiger partial charge in [-0.25, -0.2) is 0 Å². The standard InChI is InChI=1S/C12H18N2O3/c1-3-9(2)14-12(16)7-11(15)13-8-10-5-4-6-17-10/h4-6,9H,3,7-8H2,1-2H3,(H,13,15)(H,14,16). The summed E-state index contributed by atoms with van der Waals surface area (Å²) in [6.07, 6.45) is 2.24. The van der Waals surface area contributed by atoms with E-state index in [1.54, 1.807) is 12.1 Å². The first-order valence-electron chi connectivity index (χ1n) is 5.70. The number of nitrogens with one attached hydrogen (secondary N) is 2. The summed E-state index contributed by atoms with van der Waals surface area (Å²) in [7, 11) is 0. The van der Waals surface area contributed by atoms with E-state index >= 15 is 0 Å². The average molecular weight is 238 g/mol. The number of amides is 2. The van der Waals surface area contributed by atoms with Crippen molar-refractivity contribution in [1.29, 1.82) is 0 Å². The number of rotatable bonds is 6. The Kier molecular flexibility index (Phi) is 5.26. The normalized spacial score (nSPS) is 11.9. The van der Waals surface area contributed by atoms with Crippen LogP contribution in [0.5, 0.6) is 0 Å². The Morgan fingerprint density at radius 2 is 2.18 bits per heavy atom. The number of carbonyl (C=O) groups excluding carboxylic acids is 2. The van der Waals surface area contributed by atoms with Crippen molar-refractivity contribution >= 4 is 11.8 Å². The van der Waals surface area contributed by atoms with Crippen LogP contribution in [0.4, 0.5) is 0 Å². The first-order valence-corrected chi connectivity index (χ1v) is 5.70. The van der Waals surface area contributed by atoms with Gasteiger partial charge in [-0.1, -0.05) is 6.92 Å². The number of hydrogen-bond donors (Lipinski definition) is 2. The maximum atomic E-state index is 11.4. The minimum atomic E-state index is -0.304. The lowest BCUT2D eigenvalue weighted by Crippen LogP contribution is -2.36. The van der Waals surface area contributed by atoms with E-state index in [-0.39, 0.29) is 24.3 Å². The van der Waals surface area contributed by atoms with Crippen LogP contribution in [0.25, 0.3) is 0 Å². The lowest BCUT2D eigenvalue weighted by atomic mass is 10.2. The first-order chi connectivity index (χ1) is 8.11. The van der Waals surface area contributed by atoms with Crippen LogP contribution >= 0.6 is 0 Å². The van der Waals surface area contributed by atoms with Crippen molar-refractivity contribution in [2.24, 2.45) is 0 Å². The summed E-state index contributed by atoms with van der Waals surface area (Å²) in [4.78, 5) is 22.8. The summed E-state index contributed by atoms with van der Waals surface area (Å²) in [6, 6.07) is 3.61. The number of furan rings is 1. The van der Waals surface area contributed by atoms with Gasteiger partial charge in [0.15, 0.2) is 0 Å². The number of carbonyl (C=O) groups is 2. The average Bonchev–Trinajstić information content (AvgIpc) is 2.78. The van der Waals surface area contributed by atoms with E-state index in [4.69, 9.17) is 4.42 Å². The fourth-order valence-electron chi connectivity index (χ4n) is 1.24. The van der Waals surface area contributed by atoms with Crippen molar-refractivity contribution in [3.05, 3.63) is 24.2 Å². The molecule has 0 aliphatic rings. The fraction of sp³-hybridized carbons (Fsp3) is 0.500. The summed E-state index contributed by atoms with van der Waals surface area (Å²) in [6.45, 7) is 4.18. The van der Waals surface area contributed by atoms with E-state index in [9.17, 15) is 9.59 Å². The Morgan fingerprint density at radius 1 is 1.41 bits per heavy atom. The SMILES string of the molecule is CCC(C)NC(=O)CC(=O)NCc1ccco1. The molecule has 1 rings (SSSR count). The van der Waals surface area contributed by atoms with Crippen LogP contribution in [0.15, 0.2) is 22.8 Å². The molecule has 0 aromatic carbocycles. The molecule has 1 aromatic rings. The molecule has 1 heterocycles. The number of hydrogen-bond acceptors (Lipinski definition) is 3. The molecule has 94 valence electrons. The highest BCUT2D eigenvalue weighted by Gasteiger charge is 2.11. The highest BCUT2D eigenvalue weighted by atomic mass is 16.3. The molecule has 0 radical (unpaired) electrons. The van der Waals surface area contributed by atoms with Gasteiger partial charge in [0, 0.05) is 6.04 Å². The second-order valence-electron chi connectivity index (χ2n) is 3.91. The van der Waals surface area contributed by atoms with Gasteiger partial charge in [0.2, 0.25) is 11.8 Å². The Bertz CT molecular complexity index is 360. The van der Waals surface area contributed by atoms with Gasteiger partial charge in [-0.2, -0.15) is 0 Å². The van der Waals surface area contributed by atoms with E-state index in [1.165, 1.54) is 6.26 Å². The Hall–Kier alpha value is -1.78. The molecule has 0 spiro atoms. The lowest BCUT2D eigenvalue weighted by molar-refractivity contribution is -0.129. The van der Waals surface area contributed by atoms with Gasteiger partial charge >= 0.3 is 0 Å². The molecule has 5 nitrogen and oxygen atoms in total. The van der Waals surface area contributed by atoms with Gasteiger partial charge in [0.05, 0.1) is 12.8 Å². The maximum Gasteiger partial charge on any atom is 0.229 e. The molecule has 2 N–H and O–H groups in total. The zero-order valence-corrected chi connectivity index (χ0v) is 10.2. The molecule has 5 heteroatoms. The minimum absolute atomic E-state index is 0.0976. The molecule has 0 saturated carbocycles. The van der Waals surface area contributed by atoms with E-state index in [2.05, 4.69) is 10.6 Å². The molecule has 1 unspecified atom stereocenters. The van der Waals surface area contributed by atoms with Crippen LogP contribution in [0, 0.1) is 0 Å². The predicted molar refractivity (Wildman–Crippen MR) is 63.1 cm³/mol. The van der Waals surface area contributed by atoms with Crippen molar-refractivity contribution in [3.8, 4) is 0 Å². The molecule has 0 bridgehead atoms. The third-order valence-corrected chi connectivity index (χ3v) is 2.38. The monoisotopic (exact) mass is 238 g/mol. The van der Waals surface area contributed by atoms with Crippen LogP contribution in [0.3, 0.4) is 0 Å². The van der Waals surface area contributed by atoms with Crippen molar-refractivity contribution in [1.82, 2.24) is 10.6 Å². The highest BCUT2D eigenvalue weighted by Crippen LogP contribution is 1.98. The first kappa shape index (κ1) is 13.3. The Labute approximate surface area is 101 Å². The van der Waals surface area contributed by atoms with Crippen molar-refractivity contribution in [2.75, 3.05) is 0 Å². The van der Waals surface area contributed by atoms with Gasteiger partial charge in [0.1, 0.15) is 12.2 Å². The fourth-order valence-corrected chi connectivity index (χ4v) is 1.24. The van der Waals surface area contributed by atoms with Gasteiger partial charge in [0.25, 0.3) is 0 Å². The van der Waals surface area contributed by atoms with E-state index in [0.29, 0.717) is 12.3 Å². The largest absolute Gasteiger partial charge is 0.467 e. The second kappa shape index (κ2) is 6.73. The molecule has 1 aromatic heterocycles. The van der Waals surface area contributed by atoms with Crippen molar-refractivity contribution in [3.63, 3.8) is 0 Å². The zero-order chi connectivity index (χ0) is 12.7. The third kappa shape index (κ3) is 5.19. The summed E-state index contributed by atoms with van der Waals surface area (Å²) in [5.74, 6) is 0.110. The Balaban J connectivity index is 2.22. The maximum absolute atomic E-state index is 11.4. The van der Waals surface area contributed by atoms with Gasteiger partial charge in [-0.05, 0) is 25.5 Å². The smallest absolute Gasteiger partial charge is 0.229 e. The van der Waals surface area contributed by atoms with Crippen LogP contribution in [0.2, 0.25) is 0 Å². The molecule has 2 amide bonds. The summed E-state index contributed by atoms with van der Waals surface area (Å²) in [5.41, 5.74) is 0. The minimum Gasteiger partial charge on any atom is -0.467 e. The van der Waals surface area contributed by atoms with Crippen LogP contribution in [-0.4, -0.2) is 17.9 Å². The van der Waals surface area contributed by atoms with Gasteiger partial charge < -0.3 is 15.1 Å². The van der Waals surface area contributed by atoms with Gasteiger partial charge in [-0.3, -0.25) is 9.59 Å². The molecule has 17 heavy (non-hydrogen) atoms. The molecule has 0 fully saturated rings. The lowest BCUT2D eigenvalue weighted by Gasteiger charge is -2.10. The van der Waals surface area contributed by atoms with E-state index in [0.717, 1.165) is 6.42 Å². The molecule has 0 saturated heterocycles.